The number of aromatic nitrogens is 3. The molecule has 1 unspecified atom stereocenters. The Hall–Kier alpha value is -2.98. The van der Waals surface area contributed by atoms with E-state index in [1.54, 1.807) is 49.6 Å². The first-order chi connectivity index (χ1) is 16.7. The van der Waals surface area contributed by atoms with Crippen molar-refractivity contribution in [3.8, 4) is 5.75 Å². The molecule has 11 nitrogen and oxygen atoms in total. The van der Waals surface area contributed by atoms with Gasteiger partial charge < -0.3 is 19.7 Å². The Kier molecular flexibility index (Phi) is 7.71. The van der Waals surface area contributed by atoms with Gasteiger partial charge in [-0.05, 0) is 57.9 Å². The molecule has 12 heteroatoms. The van der Waals surface area contributed by atoms with E-state index in [9.17, 15) is 9.36 Å². The lowest BCUT2D eigenvalue weighted by atomic mass is 10.1. The summed E-state index contributed by atoms with van der Waals surface area (Å²) >= 11 is 0. The number of benzene rings is 1. The van der Waals surface area contributed by atoms with E-state index in [0.29, 0.717) is 23.5 Å². The van der Waals surface area contributed by atoms with E-state index < -0.39 is 19.8 Å². The fourth-order valence-corrected chi connectivity index (χ4v) is 5.30. The number of anilines is 1. The lowest BCUT2D eigenvalue weighted by Crippen LogP contribution is -2.36. The maximum absolute atomic E-state index is 13.6. The van der Waals surface area contributed by atoms with Gasteiger partial charge in [-0.1, -0.05) is 18.2 Å². The second kappa shape index (κ2) is 10.7. The summed E-state index contributed by atoms with van der Waals surface area (Å²) < 4.78 is 38.1. The predicted molar refractivity (Wildman–Crippen MR) is 129 cm³/mol. The van der Waals surface area contributed by atoms with Crippen molar-refractivity contribution in [2.24, 2.45) is 0 Å². The fourth-order valence-electron chi connectivity index (χ4n) is 3.78. The Morgan fingerprint density at radius 1 is 1.23 bits per heavy atom. The van der Waals surface area contributed by atoms with E-state index in [2.05, 4.69) is 15.2 Å². The molecule has 2 aromatic heterocycles. The lowest BCUT2D eigenvalue weighted by Gasteiger charge is -2.24. The van der Waals surface area contributed by atoms with E-state index in [1.807, 2.05) is 18.2 Å². The number of rotatable bonds is 10. The normalized spacial score (nSPS) is 20.6. The summed E-state index contributed by atoms with van der Waals surface area (Å²) in [7, 11) is -3.95. The van der Waals surface area contributed by atoms with E-state index in [1.165, 1.54) is 6.33 Å². The summed E-state index contributed by atoms with van der Waals surface area (Å²) in [5.41, 5.74) is 7.48. The molecule has 1 saturated heterocycles. The molecule has 0 aliphatic carbocycles. The second-order valence-corrected chi connectivity index (χ2v) is 10.3. The van der Waals surface area contributed by atoms with Gasteiger partial charge in [0.1, 0.15) is 29.7 Å². The highest BCUT2D eigenvalue weighted by Gasteiger charge is 2.36. The minimum Gasteiger partial charge on any atom is -0.462 e. The summed E-state index contributed by atoms with van der Waals surface area (Å²) in [6.07, 6.45) is 1.92. The van der Waals surface area contributed by atoms with Crippen LogP contribution in [0.4, 0.5) is 5.82 Å². The van der Waals surface area contributed by atoms with Crippen molar-refractivity contribution < 1.29 is 27.9 Å². The number of ether oxygens (including phenoxy) is 2. The molecule has 0 bridgehead atoms. The van der Waals surface area contributed by atoms with Crippen molar-refractivity contribution >= 4 is 25.1 Å². The van der Waals surface area contributed by atoms with Gasteiger partial charge in [0.2, 0.25) is 0 Å². The molecule has 188 valence electrons. The third kappa shape index (κ3) is 6.18. The van der Waals surface area contributed by atoms with Crippen LogP contribution in [-0.4, -0.2) is 45.4 Å². The van der Waals surface area contributed by atoms with Crippen molar-refractivity contribution in [2.45, 2.75) is 58.0 Å². The van der Waals surface area contributed by atoms with Gasteiger partial charge in [-0.15, -0.1) is 0 Å². The van der Waals surface area contributed by atoms with Gasteiger partial charge in [0.05, 0.1) is 24.5 Å². The van der Waals surface area contributed by atoms with Crippen LogP contribution in [0.5, 0.6) is 5.75 Å². The number of hydrogen-bond donors (Lipinski definition) is 2. The summed E-state index contributed by atoms with van der Waals surface area (Å²) in [6, 6.07) is 11.5. The molecule has 1 fully saturated rings. The van der Waals surface area contributed by atoms with Gasteiger partial charge in [0.25, 0.3) is 0 Å². The molecule has 0 amide bonds. The van der Waals surface area contributed by atoms with Gasteiger partial charge in [-0.25, -0.2) is 14.1 Å². The van der Waals surface area contributed by atoms with Crippen LogP contribution < -0.4 is 15.3 Å². The fraction of sp³-hybridized carbons (Fsp3) is 0.435. The van der Waals surface area contributed by atoms with E-state index >= 15 is 0 Å². The molecule has 0 saturated carbocycles. The number of nitrogens with two attached hydrogens (primary N) is 1. The Balaban J connectivity index is 1.43. The minimum absolute atomic E-state index is 0.00000961. The first-order valence-corrected chi connectivity index (χ1v) is 13.0. The highest BCUT2D eigenvalue weighted by molar-refractivity contribution is 7.52. The maximum Gasteiger partial charge on any atom is 0.459 e. The van der Waals surface area contributed by atoms with Crippen LogP contribution in [-0.2, 0) is 23.4 Å². The molecule has 3 N–H and O–H groups in total. The third-order valence-corrected chi connectivity index (χ3v) is 7.05. The molecule has 1 aliphatic heterocycles. The van der Waals surface area contributed by atoms with Crippen LogP contribution in [0.3, 0.4) is 0 Å². The predicted octanol–water partition coefficient (Wildman–Crippen LogP) is 3.67. The molecule has 0 radical (unpaired) electrons. The van der Waals surface area contributed by atoms with Crippen LogP contribution in [0, 0.1) is 0 Å². The molecule has 4 rings (SSSR count). The number of carbonyl (C=O) groups is 1. The zero-order valence-electron chi connectivity index (χ0n) is 19.9. The number of para-hydroxylation sites is 1. The Bertz CT molecular complexity index is 1200. The van der Waals surface area contributed by atoms with Crippen LogP contribution in [0.1, 0.15) is 45.4 Å². The Labute approximate surface area is 203 Å². The molecule has 1 aliphatic rings. The smallest absolute Gasteiger partial charge is 0.459 e. The second-order valence-electron chi connectivity index (χ2n) is 8.56. The molecule has 1 aromatic carbocycles. The summed E-state index contributed by atoms with van der Waals surface area (Å²) in [6.45, 7) is 5.02. The molecular formula is C23H30N5O6P. The van der Waals surface area contributed by atoms with Crippen LogP contribution in [0.25, 0.3) is 5.52 Å². The van der Waals surface area contributed by atoms with Gasteiger partial charge in [-0.3, -0.25) is 9.32 Å². The Morgan fingerprint density at radius 3 is 2.74 bits per heavy atom. The van der Waals surface area contributed by atoms with Crippen LogP contribution >= 0.6 is 7.75 Å². The molecule has 3 aromatic rings. The largest absolute Gasteiger partial charge is 0.462 e. The van der Waals surface area contributed by atoms with E-state index in [4.69, 9.17) is 24.3 Å². The molecule has 0 spiro atoms. The number of hydrogen-bond acceptors (Lipinski definition) is 9. The summed E-state index contributed by atoms with van der Waals surface area (Å²) in [5, 5.41) is 6.96. The van der Waals surface area contributed by atoms with Crippen molar-refractivity contribution in [1.29, 1.82) is 0 Å². The van der Waals surface area contributed by atoms with Gasteiger partial charge in [-0.2, -0.15) is 10.2 Å². The molecule has 35 heavy (non-hydrogen) atoms. The minimum atomic E-state index is -3.95. The number of esters is 1. The summed E-state index contributed by atoms with van der Waals surface area (Å²) in [4.78, 5) is 16.3. The average Bonchev–Trinajstić information content (AvgIpc) is 3.45. The maximum atomic E-state index is 13.6. The van der Waals surface area contributed by atoms with Gasteiger partial charge >= 0.3 is 13.7 Å². The summed E-state index contributed by atoms with van der Waals surface area (Å²) in [5.74, 6) is 0.174. The van der Waals surface area contributed by atoms with Crippen molar-refractivity contribution in [1.82, 2.24) is 19.7 Å². The highest BCUT2D eigenvalue weighted by atomic mass is 31.2. The van der Waals surface area contributed by atoms with Crippen molar-refractivity contribution in [3.63, 3.8) is 0 Å². The third-order valence-electron chi connectivity index (χ3n) is 5.40. The van der Waals surface area contributed by atoms with Crippen LogP contribution in [0.2, 0.25) is 0 Å². The highest BCUT2D eigenvalue weighted by Crippen LogP contribution is 2.46. The standard InChI is InChI=1S/C23H30N5O6P/c1-15(2)32-23(29)16(3)27-35(30,34-17-7-5-4-6-8-17)31-13-18-9-12-21(33-18)19-10-11-20-22(24)25-14-26-28(19)20/h4-8,10-11,14-16,18,21H,9,12-13H2,1-3H3,(H,27,30)(H2,24,25,26)/t16-,18+,21-,35?/m1/s1. The van der Waals surface area contributed by atoms with E-state index in [0.717, 1.165) is 12.1 Å². The first-order valence-electron chi connectivity index (χ1n) is 11.4. The van der Waals surface area contributed by atoms with Crippen LogP contribution in [0.15, 0.2) is 48.8 Å². The van der Waals surface area contributed by atoms with Crippen molar-refractivity contribution in [2.75, 3.05) is 12.3 Å². The zero-order valence-corrected chi connectivity index (χ0v) is 20.8. The number of nitrogens with one attached hydrogen (secondary N) is 1. The number of carbonyl (C=O) groups excluding carboxylic acids is 1. The number of nitrogens with zero attached hydrogens (tertiary/aromatic N) is 3. The molecule has 4 atom stereocenters. The van der Waals surface area contributed by atoms with Gasteiger partial charge in [0, 0.05) is 0 Å². The molecular weight excluding hydrogens is 473 g/mol. The van der Waals surface area contributed by atoms with Crippen molar-refractivity contribution in [3.05, 3.63) is 54.5 Å². The SMILES string of the molecule is CC(C)OC(=O)[C@@H](C)NP(=O)(OC[C@@H]1CC[C@H](c2ccc3c(N)ncnn23)O1)Oc1ccccc1. The Morgan fingerprint density at radius 2 is 2.00 bits per heavy atom. The topological polar surface area (TPSA) is 139 Å². The monoisotopic (exact) mass is 503 g/mol. The lowest BCUT2D eigenvalue weighted by molar-refractivity contribution is -0.149. The van der Waals surface area contributed by atoms with Gasteiger partial charge in [0.15, 0.2) is 5.82 Å². The first kappa shape index (κ1) is 25.1. The molecule has 3 heterocycles. The zero-order chi connectivity index (χ0) is 25.0. The number of fused-ring (bicyclic) bond motifs is 1. The quantitative estimate of drug-likeness (QED) is 0.311. The average molecular weight is 503 g/mol. The number of nitrogen functional groups attached to an aromatic ring is 1. The van der Waals surface area contributed by atoms with E-state index in [-0.39, 0.29) is 24.9 Å².